The fourth-order valence-electron chi connectivity index (χ4n) is 3.13. The highest BCUT2D eigenvalue weighted by Gasteiger charge is 2.22. The molecule has 0 aliphatic rings. The molecule has 0 unspecified atom stereocenters. The molecule has 2 heteroatoms. The number of unbranched alkanes of at least 4 members (excludes halogenated alkanes) is 14. The summed E-state index contributed by atoms with van der Waals surface area (Å²) in [5.74, 6) is 0.396. The molecule has 1 amide bonds. The van der Waals surface area contributed by atoms with Gasteiger partial charge >= 0.3 is 5.91 Å². The van der Waals surface area contributed by atoms with Crippen LogP contribution in [0.25, 0.3) is 0 Å². The first-order valence-corrected chi connectivity index (χ1v) is 10.9. The Balaban J connectivity index is 3.19. The predicted molar refractivity (Wildman–Crippen MR) is 107 cm³/mol. The quantitative estimate of drug-likeness (QED) is 0.208. The molecule has 0 radical (unpaired) electrons. The van der Waals surface area contributed by atoms with Crippen LogP contribution in [0.4, 0.5) is 0 Å². The summed E-state index contributed by atoms with van der Waals surface area (Å²) in [7, 11) is 4.04. The fourth-order valence-corrected chi connectivity index (χ4v) is 3.13. The van der Waals surface area contributed by atoms with Crippen LogP contribution in [-0.4, -0.2) is 31.0 Å². The summed E-state index contributed by atoms with van der Waals surface area (Å²) < 4.78 is 0.540. The number of carbonyl (C=O) groups is 1. The van der Waals surface area contributed by atoms with E-state index in [2.05, 4.69) is 13.8 Å². The van der Waals surface area contributed by atoms with Gasteiger partial charge in [-0.25, -0.2) is 4.79 Å². The monoisotopic (exact) mass is 340 g/mol. The molecule has 24 heavy (non-hydrogen) atoms. The molecule has 0 saturated heterocycles. The summed E-state index contributed by atoms with van der Waals surface area (Å²) in [6.45, 7) is 5.27. The maximum Gasteiger partial charge on any atom is 0.313 e. The highest BCUT2D eigenvalue weighted by molar-refractivity contribution is 5.68. The standard InChI is InChI=1S/C22H46NO/c1-5-7-8-9-10-11-12-13-14-15-16-17-18-19-20-21-22(24)23(3,4)6-2/h5-21H2,1-4H3/q+1. The number of nitrogens with zero attached hydrogens (tertiary/aromatic N) is 1. The zero-order valence-electron chi connectivity index (χ0n) is 17.4. The minimum atomic E-state index is 0.396. The van der Waals surface area contributed by atoms with Crippen molar-refractivity contribution in [2.24, 2.45) is 0 Å². The van der Waals surface area contributed by atoms with Gasteiger partial charge in [-0.3, -0.25) is 4.48 Å². The molecule has 0 aliphatic carbocycles. The Kier molecular flexibility index (Phi) is 15.9. The molecular weight excluding hydrogens is 294 g/mol. The van der Waals surface area contributed by atoms with Crippen molar-refractivity contribution in [3.63, 3.8) is 0 Å². The SMILES string of the molecule is CCCCCCCCCCCCCCCCCC(=O)[N+](C)(C)CC. The van der Waals surface area contributed by atoms with Gasteiger partial charge in [0.25, 0.3) is 0 Å². The van der Waals surface area contributed by atoms with Crippen molar-refractivity contribution >= 4 is 5.91 Å². The molecule has 2 nitrogen and oxygen atoms in total. The van der Waals surface area contributed by atoms with Gasteiger partial charge in [-0.15, -0.1) is 0 Å². The van der Waals surface area contributed by atoms with Crippen LogP contribution in [0.3, 0.4) is 0 Å². The Hall–Kier alpha value is -0.370. The van der Waals surface area contributed by atoms with E-state index in [4.69, 9.17) is 0 Å². The zero-order chi connectivity index (χ0) is 18.1. The van der Waals surface area contributed by atoms with Gasteiger partial charge in [-0.2, -0.15) is 0 Å². The second-order valence-electron chi connectivity index (χ2n) is 8.09. The Morgan fingerprint density at radius 1 is 0.583 bits per heavy atom. The van der Waals surface area contributed by atoms with Crippen LogP contribution in [0.15, 0.2) is 0 Å². The highest BCUT2D eigenvalue weighted by atomic mass is 16.2. The van der Waals surface area contributed by atoms with Crippen LogP contribution in [0.5, 0.6) is 0 Å². The van der Waals surface area contributed by atoms with E-state index in [9.17, 15) is 4.79 Å². The second kappa shape index (κ2) is 16.1. The fraction of sp³-hybridized carbons (Fsp3) is 0.955. The van der Waals surface area contributed by atoms with Crippen LogP contribution in [-0.2, 0) is 4.79 Å². The Bertz CT molecular complexity index is 286. The summed E-state index contributed by atoms with van der Waals surface area (Å²) in [6.07, 6.45) is 21.4. The summed E-state index contributed by atoms with van der Waals surface area (Å²) in [5, 5.41) is 0. The van der Waals surface area contributed by atoms with Crippen molar-refractivity contribution in [1.82, 2.24) is 0 Å². The lowest BCUT2D eigenvalue weighted by Crippen LogP contribution is -2.45. The lowest BCUT2D eigenvalue weighted by molar-refractivity contribution is -0.812. The average molecular weight is 341 g/mol. The number of carbonyl (C=O) groups excluding carboxylic acids is 1. The number of hydrogen-bond acceptors (Lipinski definition) is 1. The van der Waals surface area contributed by atoms with E-state index in [1.165, 1.54) is 89.9 Å². The van der Waals surface area contributed by atoms with E-state index in [0.717, 1.165) is 19.4 Å². The first kappa shape index (κ1) is 23.6. The molecular formula is C22H46NO+. The summed E-state index contributed by atoms with van der Waals surface area (Å²) >= 11 is 0. The molecule has 0 saturated carbocycles. The highest BCUT2D eigenvalue weighted by Crippen LogP contribution is 2.14. The minimum Gasteiger partial charge on any atom is -0.266 e. The van der Waals surface area contributed by atoms with Crippen molar-refractivity contribution in [3.05, 3.63) is 0 Å². The molecule has 0 aliphatic heterocycles. The van der Waals surface area contributed by atoms with Gasteiger partial charge in [-0.05, 0) is 13.3 Å². The third kappa shape index (κ3) is 14.0. The summed E-state index contributed by atoms with van der Waals surface area (Å²) in [6, 6.07) is 0. The maximum atomic E-state index is 12.0. The number of rotatable bonds is 17. The van der Waals surface area contributed by atoms with Crippen LogP contribution in [0.2, 0.25) is 0 Å². The van der Waals surface area contributed by atoms with Gasteiger partial charge in [-0.1, -0.05) is 96.8 Å². The number of amides is 1. The molecule has 0 heterocycles. The molecule has 0 rings (SSSR count). The van der Waals surface area contributed by atoms with Gasteiger partial charge in [0.05, 0.1) is 27.1 Å². The van der Waals surface area contributed by atoms with Gasteiger partial charge in [0.2, 0.25) is 0 Å². The van der Waals surface area contributed by atoms with Crippen molar-refractivity contribution in [2.45, 2.75) is 117 Å². The molecule has 0 aromatic heterocycles. The van der Waals surface area contributed by atoms with E-state index in [-0.39, 0.29) is 0 Å². The van der Waals surface area contributed by atoms with Crippen molar-refractivity contribution < 1.29 is 9.28 Å². The molecule has 0 aromatic rings. The Labute approximate surface area is 153 Å². The molecule has 0 fully saturated rings. The average Bonchev–Trinajstić information content (AvgIpc) is 2.58. The van der Waals surface area contributed by atoms with E-state index in [0.29, 0.717) is 10.4 Å². The first-order chi connectivity index (χ1) is 11.5. The van der Waals surface area contributed by atoms with Gasteiger partial charge in [0.1, 0.15) is 0 Å². The zero-order valence-corrected chi connectivity index (χ0v) is 17.4. The van der Waals surface area contributed by atoms with E-state index >= 15 is 0 Å². The predicted octanol–water partition coefficient (Wildman–Crippen LogP) is 6.87. The van der Waals surface area contributed by atoms with E-state index < -0.39 is 0 Å². The topological polar surface area (TPSA) is 17.1 Å². The molecule has 0 aromatic carbocycles. The molecule has 0 bridgehead atoms. The van der Waals surface area contributed by atoms with Crippen LogP contribution in [0, 0.1) is 0 Å². The maximum absolute atomic E-state index is 12.0. The third-order valence-corrected chi connectivity index (χ3v) is 5.46. The van der Waals surface area contributed by atoms with E-state index in [1.807, 2.05) is 14.1 Å². The van der Waals surface area contributed by atoms with Crippen LogP contribution in [0.1, 0.15) is 117 Å². The molecule has 0 atom stereocenters. The normalized spacial score (nSPS) is 11.8. The number of quaternary nitrogens is 1. The van der Waals surface area contributed by atoms with Gasteiger partial charge in [0, 0.05) is 0 Å². The second-order valence-corrected chi connectivity index (χ2v) is 8.09. The van der Waals surface area contributed by atoms with Crippen LogP contribution >= 0.6 is 0 Å². The van der Waals surface area contributed by atoms with Gasteiger partial charge < -0.3 is 0 Å². The molecule has 0 N–H and O–H groups in total. The van der Waals surface area contributed by atoms with Gasteiger partial charge in [0.15, 0.2) is 0 Å². The number of hydrogen-bond donors (Lipinski definition) is 0. The lowest BCUT2D eigenvalue weighted by Gasteiger charge is -2.24. The van der Waals surface area contributed by atoms with Crippen LogP contribution < -0.4 is 0 Å². The molecule has 0 spiro atoms. The molecule has 144 valence electrons. The summed E-state index contributed by atoms with van der Waals surface area (Å²) in [5.41, 5.74) is 0. The van der Waals surface area contributed by atoms with Crippen molar-refractivity contribution in [1.29, 1.82) is 0 Å². The van der Waals surface area contributed by atoms with Crippen molar-refractivity contribution in [3.8, 4) is 0 Å². The lowest BCUT2D eigenvalue weighted by atomic mass is 10.0. The largest absolute Gasteiger partial charge is 0.313 e. The first-order valence-electron chi connectivity index (χ1n) is 10.9. The van der Waals surface area contributed by atoms with E-state index in [1.54, 1.807) is 0 Å². The Morgan fingerprint density at radius 2 is 0.917 bits per heavy atom. The smallest absolute Gasteiger partial charge is 0.266 e. The van der Waals surface area contributed by atoms with Crippen molar-refractivity contribution in [2.75, 3.05) is 20.6 Å². The Morgan fingerprint density at radius 3 is 1.25 bits per heavy atom. The summed E-state index contributed by atoms with van der Waals surface area (Å²) in [4.78, 5) is 12.0. The minimum absolute atomic E-state index is 0.396. The third-order valence-electron chi connectivity index (χ3n) is 5.46.